The lowest BCUT2D eigenvalue weighted by Gasteiger charge is -2.24. The molecule has 0 unspecified atom stereocenters. The van der Waals surface area contributed by atoms with E-state index < -0.39 is 0 Å². The molecule has 0 bridgehead atoms. The number of rotatable bonds is 5. The maximum atomic E-state index is 6.06. The summed E-state index contributed by atoms with van der Waals surface area (Å²) < 4.78 is 23.7. The van der Waals surface area contributed by atoms with Crippen LogP contribution in [-0.4, -0.2) is 39.4 Å². The van der Waals surface area contributed by atoms with Gasteiger partial charge in [0.1, 0.15) is 17.6 Å². The Hall–Kier alpha value is -3.72. The molecule has 0 fully saturated rings. The summed E-state index contributed by atoms with van der Waals surface area (Å²) >= 11 is 0. The molecule has 30 heavy (non-hydrogen) atoms. The Bertz CT molecular complexity index is 1150. The maximum Gasteiger partial charge on any atom is 0.258 e. The van der Waals surface area contributed by atoms with E-state index in [2.05, 4.69) is 20.5 Å². The molecule has 1 aliphatic heterocycles. The molecule has 0 aliphatic carbocycles. The molecule has 0 saturated heterocycles. The highest BCUT2D eigenvalue weighted by Crippen LogP contribution is 2.31. The predicted octanol–water partition coefficient (Wildman–Crippen LogP) is 3.28. The van der Waals surface area contributed by atoms with Gasteiger partial charge in [-0.05, 0) is 42.0 Å². The molecule has 152 valence electrons. The molecule has 0 radical (unpaired) electrons. The van der Waals surface area contributed by atoms with Crippen molar-refractivity contribution in [3.8, 4) is 34.5 Å². The first-order chi connectivity index (χ1) is 14.7. The van der Waals surface area contributed by atoms with Gasteiger partial charge in [-0.25, -0.2) is 4.68 Å². The molecular weight excluding hydrogens is 386 g/mol. The van der Waals surface area contributed by atoms with E-state index in [9.17, 15) is 0 Å². The van der Waals surface area contributed by atoms with Gasteiger partial charge in [-0.1, -0.05) is 22.5 Å². The number of aromatic nitrogens is 5. The zero-order chi connectivity index (χ0) is 20.5. The molecule has 2 aromatic heterocycles. The van der Waals surface area contributed by atoms with Crippen LogP contribution in [0.15, 0.2) is 53.1 Å². The van der Waals surface area contributed by atoms with Crippen LogP contribution in [0.3, 0.4) is 0 Å². The van der Waals surface area contributed by atoms with E-state index >= 15 is 0 Å². The van der Waals surface area contributed by atoms with Gasteiger partial charge in [0.25, 0.3) is 5.89 Å². The van der Waals surface area contributed by atoms with Crippen LogP contribution in [0.5, 0.6) is 11.5 Å². The first kappa shape index (κ1) is 18.3. The second-order valence-corrected chi connectivity index (χ2v) is 6.79. The third-order valence-electron chi connectivity index (χ3n) is 5.06. The van der Waals surface area contributed by atoms with Gasteiger partial charge in [0.15, 0.2) is 5.69 Å². The standard InChI is InChI=1S/C21H19N5O4/c1-27-15-7-3-13(4-8-15)18-11-26-17(12-29-18)19(23-25-26)20-22-21(30-24-20)14-5-9-16(28-2)10-6-14/h3-10,18H,11-12H2,1-2H3/t18-/m0/s1. The average molecular weight is 405 g/mol. The average Bonchev–Trinajstić information content (AvgIpc) is 3.46. The second kappa shape index (κ2) is 7.60. The number of hydrogen-bond donors (Lipinski definition) is 0. The van der Waals surface area contributed by atoms with Crippen LogP contribution in [-0.2, 0) is 17.9 Å². The fourth-order valence-electron chi connectivity index (χ4n) is 3.38. The van der Waals surface area contributed by atoms with Gasteiger partial charge >= 0.3 is 0 Å². The number of methoxy groups -OCH3 is 2. The summed E-state index contributed by atoms with van der Waals surface area (Å²) in [5, 5.41) is 12.6. The van der Waals surface area contributed by atoms with Crippen molar-refractivity contribution in [2.24, 2.45) is 0 Å². The molecule has 2 aromatic carbocycles. The highest BCUT2D eigenvalue weighted by Gasteiger charge is 2.27. The van der Waals surface area contributed by atoms with E-state index in [0.29, 0.717) is 30.6 Å². The van der Waals surface area contributed by atoms with E-state index in [0.717, 1.165) is 28.3 Å². The molecule has 0 spiro atoms. The molecular formula is C21H19N5O4. The number of benzene rings is 2. The van der Waals surface area contributed by atoms with Gasteiger partial charge < -0.3 is 18.7 Å². The Kier molecular flexibility index (Phi) is 4.64. The first-order valence-electron chi connectivity index (χ1n) is 9.41. The molecule has 1 aliphatic rings. The highest BCUT2D eigenvalue weighted by molar-refractivity contribution is 5.59. The molecule has 0 amide bonds. The monoisotopic (exact) mass is 405 g/mol. The molecule has 5 rings (SSSR count). The summed E-state index contributed by atoms with van der Waals surface area (Å²) in [6.07, 6.45) is -0.113. The summed E-state index contributed by atoms with van der Waals surface area (Å²) in [5.41, 5.74) is 3.24. The molecule has 3 heterocycles. The van der Waals surface area contributed by atoms with Crippen LogP contribution >= 0.6 is 0 Å². The quantitative estimate of drug-likeness (QED) is 0.499. The molecule has 1 atom stereocenters. The molecule has 9 heteroatoms. The van der Waals surface area contributed by atoms with Gasteiger partial charge in [-0.15, -0.1) is 5.10 Å². The Morgan fingerprint density at radius 3 is 2.37 bits per heavy atom. The van der Waals surface area contributed by atoms with Crippen molar-refractivity contribution < 1.29 is 18.7 Å². The topological polar surface area (TPSA) is 97.3 Å². The predicted molar refractivity (Wildman–Crippen MR) is 106 cm³/mol. The Labute approximate surface area is 172 Å². The van der Waals surface area contributed by atoms with E-state index in [1.54, 1.807) is 14.2 Å². The van der Waals surface area contributed by atoms with Gasteiger partial charge in [0.05, 0.1) is 33.1 Å². The normalized spacial score (nSPS) is 15.6. The minimum atomic E-state index is -0.113. The lowest BCUT2D eigenvalue weighted by Crippen LogP contribution is -2.22. The molecule has 0 saturated carbocycles. The van der Waals surface area contributed by atoms with Crippen molar-refractivity contribution in [2.45, 2.75) is 19.3 Å². The summed E-state index contributed by atoms with van der Waals surface area (Å²) in [6.45, 7) is 0.906. The van der Waals surface area contributed by atoms with Crippen molar-refractivity contribution in [3.63, 3.8) is 0 Å². The summed E-state index contributed by atoms with van der Waals surface area (Å²) in [4.78, 5) is 4.48. The SMILES string of the molecule is COc1ccc(-c2nc(-c3nnn4c3CO[C@H](c3ccc(OC)cc3)C4)no2)cc1. The van der Waals surface area contributed by atoms with Crippen LogP contribution in [0.25, 0.3) is 23.0 Å². The lowest BCUT2D eigenvalue weighted by molar-refractivity contribution is -0.00114. The second-order valence-electron chi connectivity index (χ2n) is 6.79. The van der Waals surface area contributed by atoms with Gasteiger partial charge in [0.2, 0.25) is 5.82 Å². The summed E-state index contributed by atoms with van der Waals surface area (Å²) in [6, 6.07) is 15.2. The van der Waals surface area contributed by atoms with Crippen LogP contribution in [0.4, 0.5) is 0 Å². The van der Waals surface area contributed by atoms with Crippen LogP contribution < -0.4 is 9.47 Å². The van der Waals surface area contributed by atoms with E-state index in [1.165, 1.54) is 0 Å². The van der Waals surface area contributed by atoms with Gasteiger partial charge in [0, 0.05) is 5.56 Å². The zero-order valence-electron chi connectivity index (χ0n) is 16.5. The third-order valence-corrected chi connectivity index (χ3v) is 5.06. The minimum Gasteiger partial charge on any atom is -0.497 e. The lowest BCUT2D eigenvalue weighted by atomic mass is 10.1. The fourth-order valence-corrected chi connectivity index (χ4v) is 3.38. The van der Waals surface area contributed by atoms with Crippen LogP contribution in [0, 0.1) is 0 Å². The van der Waals surface area contributed by atoms with Crippen molar-refractivity contribution >= 4 is 0 Å². The van der Waals surface area contributed by atoms with Crippen molar-refractivity contribution in [1.82, 2.24) is 25.1 Å². The molecule has 9 nitrogen and oxygen atoms in total. The third kappa shape index (κ3) is 3.29. The summed E-state index contributed by atoms with van der Waals surface area (Å²) in [5.74, 6) is 2.35. The van der Waals surface area contributed by atoms with Gasteiger partial charge in [-0.3, -0.25) is 0 Å². The smallest absolute Gasteiger partial charge is 0.258 e. The largest absolute Gasteiger partial charge is 0.497 e. The summed E-state index contributed by atoms with van der Waals surface area (Å²) in [7, 11) is 3.27. The van der Waals surface area contributed by atoms with Gasteiger partial charge in [-0.2, -0.15) is 4.98 Å². The van der Waals surface area contributed by atoms with Crippen molar-refractivity contribution in [1.29, 1.82) is 0 Å². The van der Waals surface area contributed by atoms with E-state index in [4.69, 9.17) is 18.7 Å². The highest BCUT2D eigenvalue weighted by atomic mass is 16.5. The maximum absolute atomic E-state index is 6.06. The molecule has 4 aromatic rings. The fraction of sp³-hybridized carbons (Fsp3) is 0.238. The Morgan fingerprint density at radius 2 is 1.67 bits per heavy atom. The number of nitrogens with zero attached hydrogens (tertiary/aromatic N) is 5. The minimum absolute atomic E-state index is 0.113. The number of ether oxygens (including phenoxy) is 3. The zero-order valence-corrected chi connectivity index (χ0v) is 16.5. The van der Waals surface area contributed by atoms with Crippen molar-refractivity contribution in [2.75, 3.05) is 14.2 Å². The van der Waals surface area contributed by atoms with E-state index in [-0.39, 0.29) is 6.10 Å². The van der Waals surface area contributed by atoms with Crippen LogP contribution in [0.2, 0.25) is 0 Å². The number of hydrogen-bond acceptors (Lipinski definition) is 8. The van der Waals surface area contributed by atoms with E-state index in [1.807, 2.05) is 53.2 Å². The molecule has 0 N–H and O–H groups in total. The van der Waals surface area contributed by atoms with Crippen LogP contribution in [0.1, 0.15) is 17.4 Å². The number of fused-ring (bicyclic) bond motifs is 1. The Morgan fingerprint density at radius 1 is 0.967 bits per heavy atom. The van der Waals surface area contributed by atoms with Crippen molar-refractivity contribution in [3.05, 3.63) is 59.8 Å². The Balaban J connectivity index is 1.37. The first-order valence-corrected chi connectivity index (χ1v) is 9.41.